The summed E-state index contributed by atoms with van der Waals surface area (Å²) in [7, 11) is -1.35. The molecule has 82 valence electrons. The van der Waals surface area contributed by atoms with Gasteiger partial charge in [-0.05, 0) is 12.1 Å². The van der Waals surface area contributed by atoms with Crippen molar-refractivity contribution in [3.8, 4) is 11.5 Å². The summed E-state index contributed by atoms with van der Waals surface area (Å²) in [5.74, 6) is 3.19. The predicted molar refractivity (Wildman–Crippen MR) is 70.4 cm³/mol. The van der Waals surface area contributed by atoms with Crippen molar-refractivity contribution < 1.29 is 0 Å². The van der Waals surface area contributed by atoms with Crippen molar-refractivity contribution in [2.45, 2.75) is 19.6 Å². The molecule has 0 amide bonds. The fourth-order valence-electron chi connectivity index (χ4n) is 1.32. The van der Waals surface area contributed by atoms with E-state index < -0.39 is 8.07 Å². The third-order valence-electron chi connectivity index (χ3n) is 2.05. The van der Waals surface area contributed by atoms with Crippen LogP contribution >= 0.6 is 11.6 Å². The second kappa shape index (κ2) is 3.97. The standard InChI is InChI=1S/C12H13ClN2Si/c1-16(2,3)8-6-10-9-14-12-11(13)5-4-7-15(10)12/h4-5,7,9H,1-3H3. The molecule has 0 N–H and O–H groups in total. The number of aromatic nitrogens is 2. The van der Waals surface area contributed by atoms with Gasteiger partial charge in [-0.1, -0.05) is 37.2 Å². The Labute approximate surface area is 101 Å². The molecule has 2 rings (SSSR count). The van der Waals surface area contributed by atoms with Gasteiger partial charge in [0.2, 0.25) is 0 Å². The first-order chi connectivity index (χ1) is 7.47. The van der Waals surface area contributed by atoms with Crippen molar-refractivity contribution in [1.29, 1.82) is 0 Å². The summed E-state index contributed by atoms with van der Waals surface area (Å²) in [6, 6.07) is 3.73. The first-order valence-corrected chi connectivity index (χ1v) is 9.00. The average Bonchev–Trinajstić information content (AvgIpc) is 2.58. The molecule has 0 fully saturated rings. The van der Waals surface area contributed by atoms with Gasteiger partial charge in [0.15, 0.2) is 5.65 Å². The number of pyridine rings is 1. The summed E-state index contributed by atoms with van der Waals surface area (Å²) in [5.41, 5.74) is 4.99. The fraction of sp³-hybridized carbons (Fsp3) is 0.250. The molecule has 0 atom stereocenters. The van der Waals surface area contributed by atoms with Crippen molar-refractivity contribution in [2.75, 3.05) is 0 Å². The van der Waals surface area contributed by atoms with E-state index in [1.807, 2.05) is 22.7 Å². The Hall–Kier alpha value is -1.24. The topological polar surface area (TPSA) is 17.3 Å². The van der Waals surface area contributed by atoms with Gasteiger partial charge in [-0.2, -0.15) is 0 Å². The molecule has 2 aromatic heterocycles. The maximum atomic E-state index is 6.04. The summed E-state index contributed by atoms with van der Waals surface area (Å²) < 4.78 is 1.93. The summed E-state index contributed by atoms with van der Waals surface area (Å²) in [4.78, 5) is 4.26. The molecule has 0 aliphatic heterocycles. The molecule has 0 aliphatic carbocycles. The zero-order valence-corrected chi connectivity index (χ0v) is 11.3. The van der Waals surface area contributed by atoms with Crippen LogP contribution < -0.4 is 0 Å². The van der Waals surface area contributed by atoms with Crippen molar-refractivity contribution in [3.05, 3.63) is 35.2 Å². The molecule has 0 spiro atoms. The van der Waals surface area contributed by atoms with E-state index in [2.05, 4.69) is 36.1 Å². The highest BCUT2D eigenvalue weighted by Crippen LogP contribution is 2.16. The van der Waals surface area contributed by atoms with Gasteiger partial charge in [-0.25, -0.2) is 4.98 Å². The fourth-order valence-corrected chi connectivity index (χ4v) is 2.04. The zero-order chi connectivity index (χ0) is 11.8. The number of halogens is 1. The van der Waals surface area contributed by atoms with E-state index in [9.17, 15) is 0 Å². The Morgan fingerprint density at radius 3 is 2.81 bits per heavy atom. The molecule has 2 heterocycles. The largest absolute Gasteiger partial charge is 0.292 e. The van der Waals surface area contributed by atoms with Crippen molar-refractivity contribution in [3.63, 3.8) is 0 Å². The van der Waals surface area contributed by atoms with E-state index in [-0.39, 0.29) is 0 Å². The number of fused-ring (bicyclic) bond motifs is 1. The SMILES string of the molecule is C[Si](C)(C)C#Cc1cnc2c(Cl)cccn12. The minimum Gasteiger partial charge on any atom is -0.292 e. The molecule has 4 heteroatoms. The van der Waals surface area contributed by atoms with Crippen LogP contribution in [0.15, 0.2) is 24.5 Å². The maximum Gasteiger partial charge on any atom is 0.156 e. The third kappa shape index (κ3) is 2.29. The summed E-state index contributed by atoms with van der Waals surface area (Å²) in [6.45, 7) is 6.66. The highest BCUT2D eigenvalue weighted by atomic mass is 35.5. The maximum absolute atomic E-state index is 6.04. The number of hydrogen-bond acceptors (Lipinski definition) is 1. The van der Waals surface area contributed by atoms with E-state index in [0.717, 1.165) is 11.3 Å². The highest BCUT2D eigenvalue weighted by molar-refractivity contribution is 6.83. The lowest BCUT2D eigenvalue weighted by Gasteiger charge is -2.03. The van der Waals surface area contributed by atoms with Crippen LogP contribution in [0.3, 0.4) is 0 Å². The van der Waals surface area contributed by atoms with E-state index >= 15 is 0 Å². The van der Waals surface area contributed by atoms with E-state index in [0.29, 0.717) is 5.02 Å². The Morgan fingerprint density at radius 2 is 2.12 bits per heavy atom. The average molecular weight is 249 g/mol. The molecule has 0 saturated heterocycles. The first-order valence-electron chi connectivity index (χ1n) is 5.12. The molecule has 0 saturated carbocycles. The molecule has 0 aromatic carbocycles. The number of hydrogen-bond donors (Lipinski definition) is 0. The molecule has 16 heavy (non-hydrogen) atoms. The zero-order valence-electron chi connectivity index (χ0n) is 9.58. The van der Waals surface area contributed by atoms with Crippen LogP contribution in [0.4, 0.5) is 0 Å². The van der Waals surface area contributed by atoms with Crippen LogP contribution in [0.1, 0.15) is 5.69 Å². The van der Waals surface area contributed by atoms with E-state index in [4.69, 9.17) is 11.6 Å². The van der Waals surface area contributed by atoms with Crippen LogP contribution in [0.25, 0.3) is 5.65 Å². The molecule has 0 bridgehead atoms. The Morgan fingerprint density at radius 1 is 1.38 bits per heavy atom. The summed E-state index contributed by atoms with van der Waals surface area (Å²) >= 11 is 6.04. The third-order valence-corrected chi connectivity index (χ3v) is 3.22. The molecule has 0 aliphatic rings. The minimum absolute atomic E-state index is 0.656. The Bertz CT molecular complexity index is 584. The van der Waals surface area contributed by atoms with Crippen molar-refractivity contribution in [1.82, 2.24) is 9.38 Å². The van der Waals surface area contributed by atoms with Gasteiger partial charge in [0.05, 0.1) is 11.2 Å². The molecule has 2 aromatic rings. The summed E-state index contributed by atoms with van der Waals surface area (Å²) in [6.07, 6.45) is 3.71. The first kappa shape index (κ1) is 11.2. The lowest BCUT2D eigenvalue weighted by atomic mass is 10.4. The second-order valence-corrected chi connectivity index (χ2v) is 9.85. The van der Waals surface area contributed by atoms with E-state index in [1.54, 1.807) is 6.20 Å². The molecule has 0 unspecified atom stereocenters. The normalized spacial score (nSPS) is 11.2. The summed E-state index contributed by atoms with van der Waals surface area (Å²) in [5, 5.41) is 0.656. The Kier molecular flexibility index (Phi) is 2.79. The van der Waals surface area contributed by atoms with Gasteiger partial charge < -0.3 is 0 Å². The smallest absolute Gasteiger partial charge is 0.156 e. The van der Waals surface area contributed by atoms with Gasteiger partial charge in [0.25, 0.3) is 0 Å². The minimum atomic E-state index is -1.35. The van der Waals surface area contributed by atoms with Crippen LogP contribution in [0, 0.1) is 11.5 Å². The predicted octanol–water partition coefficient (Wildman–Crippen LogP) is 3.22. The number of imidazole rings is 1. The molecular formula is C12H13ClN2Si. The van der Waals surface area contributed by atoms with Gasteiger partial charge >= 0.3 is 0 Å². The lowest BCUT2D eigenvalue weighted by molar-refractivity contribution is 1.16. The van der Waals surface area contributed by atoms with Crippen LogP contribution in [0.2, 0.25) is 24.7 Å². The number of rotatable bonds is 0. The van der Waals surface area contributed by atoms with Gasteiger partial charge in [0, 0.05) is 6.20 Å². The highest BCUT2D eigenvalue weighted by Gasteiger charge is 2.08. The lowest BCUT2D eigenvalue weighted by Crippen LogP contribution is -2.16. The Balaban J connectivity index is 2.54. The quantitative estimate of drug-likeness (QED) is 0.517. The van der Waals surface area contributed by atoms with Crippen LogP contribution in [-0.4, -0.2) is 17.5 Å². The van der Waals surface area contributed by atoms with Crippen molar-refractivity contribution in [2.24, 2.45) is 0 Å². The van der Waals surface area contributed by atoms with Crippen molar-refractivity contribution >= 4 is 25.3 Å². The van der Waals surface area contributed by atoms with E-state index in [1.165, 1.54) is 0 Å². The van der Waals surface area contributed by atoms with Crippen LogP contribution in [-0.2, 0) is 0 Å². The molecular weight excluding hydrogens is 236 g/mol. The van der Waals surface area contributed by atoms with Gasteiger partial charge in [-0.15, -0.1) is 5.54 Å². The molecule has 2 nitrogen and oxygen atoms in total. The van der Waals surface area contributed by atoms with Crippen LogP contribution in [0.5, 0.6) is 0 Å². The number of nitrogens with zero attached hydrogens (tertiary/aromatic N) is 2. The second-order valence-electron chi connectivity index (χ2n) is 4.69. The van der Waals surface area contributed by atoms with Gasteiger partial charge in [0.1, 0.15) is 13.8 Å². The van der Waals surface area contributed by atoms with Gasteiger partial charge in [-0.3, -0.25) is 4.40 Å². The molecule has 0 radical (unpaired) electrons. The monoisotopic (exact) mass is 248 g/mol.